The van der Waals surface area contributed by atoms with E-state index in [1.165, 1.54) is 13.0 Å². The van der Waals surface area contributed by atoms with Gasteiger partial charge in [0.2, 0.25) is 0 Å². The van der Waals surface area contributed by atoms with Gasteiger partial charge in [0.05, 0.1) is 23.4 Å². The molecule has 5 nitrogen and oxygen atoms in total. The summed E-state index contributed by atoms with van der Waals surface area (Å²) in [7, 11) is 0. The molecule has 1 aliphatic heterocycles. The van der Waals surface area contributed by atoms with Crippen LogP contribution in [0.5, 0.6) is 0 Å². The number of nitrogens with one attached hydrogen (secondary N) is 1. The zero-order valence-electron chi connectivity index (χ0n) is 14.7. The predicted molar refractivity (Wildman–Crippen MR) is 90.3 cm³/mol. The van der Waals surface area contributed by atoms with E-state index in [2.05, 4.69) is 11.1 Å². The van der Waals surface area contributed by atoms with Crippen molar-refractivity contribution in [1.29, 1.82) is 5.26 Å². The van der Waals surface area contributed by atoms with Gasteiger partial charge in [0.1, 0.15) is 11.9 Å². The third kappa shape index (κ3) is 2.79. The van der Waals surface area contributed by atoms with Crippen molar-refractivity contribution in [2.24, 2.45) is 0 Å². The predicted octanol–water partition coefficient (Wildman–Crippen LogP) is 3.97. The summed E-state index contributed by atoms with van der Waals surface area (Å²) in [5.41, 5.74) is 2.66. The van der Waals surface area contributed by atoms with Crippen LogP contribution in [0.2, 0.25) is 0 Å². The van der Waals surface area contributed by atoms with Gasteiger partial charge in [-0.2, -0.15) is 5.26 Å². The molecule has 2 heterocycles. The topological polar surface area (TPSA) is 75.1 Å². The van der Waals surface area contributed by atoms with E-state index in [0.717, 1.165) is 18.4 Å². The van der Waals surface area contributed by atoms with Crippen LogP contribution in [0.4, 0.5) is 4.39 Å². The zero-order chi connectivity index (χ0) is 18.2. The minimum Gasteiger partial charge on any atom is -0.427 e. The number of benzene rings is 1. The molecule has 0 saturated carbocycles. The number of esters is 1. The van der Waals surface area contributed by atoms with Crippen LogP contribution in [-0.4, -0.2) is 17.6 Å². The number of carbonyl (C=O) groups excluding carboxylic acids is 1. The van der Waals surface area contributed by atoms with Crippen molar-refractivity contribution in [3.63, 3.8) is 0 Å². The van der Waals surface area contributed by atoms with Gasteiger partial charge in [-0.3, -0.25) is 4.79 Å². The lowest BCUT2D eigenvalue weighted by Crippen LogP contribution is -2.39. The molecule has 0 spiro atoms. The van der Waals surface area contributed by atoms with Crippen molar-refractivity contribution in [3.8, 4) is 6.07 Å². The number of aromatic nitrogens is 1. The molecule has 1 atom stereocenters. The summed E-state index contributed by atoms with van der Waals surface area (Å²) in [6, 6.07) is 3.53. The van der Waals surface area contributed by atoms with Crippen molar-refractivity contribution in [2.45, 2.75) is 52.2 Å². The Labute approximate surface area is 145 Å². The molecule has 1 N–H and O–H groups in total. The molecule has 1 aromatic heterocycles. The van der Waals surface area contributed by atoms with Crippen LogP contribution in [0.3, 0.4) is 0 Å². The Kier molecular flexibility index (Phi) is 4.53. The highest BCUT2D eigenvalue weighted by atomic mass is 19.1. The Balaban J connectivity index is 2.30. The third-order valence-corrected chi connectivity index (χ3v) is 4.68. The second-order valence-corrected chi connectivity index (χ2v) is 6.44. The van der Waals surface area contributed by atoms with Crippen molar-refractivity contribution < 1.29 is 18.7 Å². The van der Waals surface area contributed by atoms with Gasteiger partial charge >= 0.3 is 5.97 Å². The molecule has 1 aromatic carbocycles. The first-order valence-electron chi connectivity index (χ1n) is 8.51. The lowest BCUT2D eigenvalue weighted by Gasteiger charge is -2.36. The normalized spacial score (nSPS) is 19.5. The van der Waals surface area contributed by atoms with Crippen LogP contribution in [0.25, 0.3) is 10.9 Å². The minimum atomic E-state index is -1.25. The quantitative estimate of drug-likeness (QED) is 0.852. The number of aryl methyl sites for hydroxylation is 1. The first-order chi connectivity index (χ1) is 11.9. The first-order valence-corrected chi connectivity index (χ1v) is 8.51. The Morgan fingerprint density at radius 1 is 1.56 bits per heavy atom. The van der Waals surface area contributed by atoms with E-state index >= 15 is 0 Å². The zero-order valence-corrected chi connectivity index (χ0v) is 14.7. The van der Waals surface area contributed by atoms with Gasteiger partial charge in [0.15, 0.2) is 0 Å². The molecule has 0 aliphatic carbocycles. The fourth-order valence-corrected chi connectivity index (χ4v) is 3.61. The van der Waals surface area contributed by atoms with Gasteiger partial charge in [0.25, 0.3) is 5.79 Å². The molecule has 132 valence electrons. The maximum atomic E-state index is 14.5. The average molecular weight is 344 g/mol. The van der Waals surface area contributed by atoms with Gasteiger partial charge < -0.3 is 14.5 Å². The molecule has 1 unspecified atom stereocenters. The Hall–Kier alpha value is -2.39. The van der Waals surface area contributed by atoms with E-state index in [1.54, 1.807) is 6.92 Å². The molecule has 1 aliphatic rings. The number of hydrogen-bond donors (Lipinski definition) is 1. The molecule has 0 radical (unpaired) electrons. The molecule has 0 fully saturated rings. The molecule has 0 amide bonds. The lowest BCUT2D eigenvalue weighted by atomic mass is 9.93. The van der Waals surface area contributed by atoms with E-state index in [4.69, 9.17) is 9.47 Å². The number of unbranched alkanes of at least 4 members (excludes halogenated alkanes) is 1. The molecular formula is C19H21FN2O3. The van der Waals surface area contributed by atoms with E-state index < -0.39 is 17.6 Å². The summed E-state index contributed by atoms with van der Waals surface area (Å²) in [4.78, 5) is 14.8. The summed E-state index contributed by atoms with van der Waals surface area (Å²) in [6.07, 6.45) is 2.70. The smallest absolute Gasteiger partial charge is 0.305 e. The molecule has 0 saturated heterocycles. The Bertz CT molecular complexity index is 881. The molecule has 3 rings (SSSR count). The van der Waals surface area contributed by atoms with Gasteiger partial charge in [0, 0.05) is 18.7 Å². The van der Waals surface area contributed by atoms with Gasteiger partial charge in [-0.15, -0.1) is 0 Å². The summed E-state index contributed by atoms with van der Waals surface area (Å²) in [6.45, 7) is 5.43. The summed E-state index contributed by atoms with van der Waals surface area (Å²) in [5.74, 6) is -2.13. The van der Waals surface area contributed by atoms with Gasteiger partial charge in [-0.25, -0.2) is 4.39 Å². The SMILES string of the molecule is CCCCC1(OC(C)=O)OCCc2c1[nH]c1c(F)cc(C)c(C#N)c21. The van der Waals surface area contributed by atoms with Crippen LogP contribution in [0.15, 0.2) is 6.07 Å². The number of rotatable bonds is 4. The Morgan fingerprint density at radius 3 is 2.96 bits per heavy atom. The highest BCUT2D eigenvalue weighted by Gasteiger charge is 2.43. The van der Waals surface area contributed by atoms with E-state index in [9.17, 15) is 14.4 Å². The standard InChI is InChI=1S/C19H21FN2O3/c1-4-5-7-19(25-12(3)23)18-13(6-8-24-19)16-14(10-21)11(2)9-15(20)17(16)22-18/h9,22H,4-8H2,1-3H3. The van der Waals surface area contributed by atoms with Crippen LogP contribution in [0, 0.1) is 24.1 Å². The van der Waals surface area contributed by atoms with Crippen LogP contribution < -0.4 is 0 Å². The molecule has 6 heteroatoms. The summed E-state index contributed by atoms with van der Waals surface area (Å²) in [5, 5.41) is 10.1. The van der Waals surface area contributed by atoms with Crippen LogP contribution in [0.1, 0.15) is 55.5 Å². The number of hydrogen-bond acceptors (Lipinski definition) is 4. The molecule has 25 heavy (non-hydrogen) atoms. The number of nitriles is 1. The van der Waals surface area contributed by atoms with Crippen LogP contribution in [-0.2, 0) is 26.5 Å². The lowest BCUT2D eigenvalue weighted by molar-refractivity contribution is -0.248. The highest BCUT2D eigenvalue weighted by Crippen LogP contribution is 2.43. The number of carbonyl (C=O) groups is 1. The van der Waals surface area contributed by atoms with Crippen LogP contribution >= 0.6 is 0 Å². The Morgan fingerprint density at radius 2 is 2.32 bits per heavy atom. The second-order valence-electron chi connectivity index (χ2n) is 6.44. The monoisotopic (exact) mass is 344 g/mol. The van der Waals surface area contributed by atoms with Gasteiger partial charge in [-0.1, -0.05) is 13.3 Å². The van der Waals surface area contributed by atoms with Crippen molar-refractivity contribution in [1.82, 2.24) is 4.98 Å². The number of aromatic amines is 1. The van der Waals surface area contributed by atoms with Gasteiger partial charge in [-0.05, 0) is 37.0 Å². The second kappa shape index (κ2) is 6.49. The highest BCUT2D eigenvalue weighted by molar-refractivity contribution is 5.92. The van der Waals surface area contributed by atoms with Crippen molar-refractivity contribution >= 4 is 16.9 Å². The summed E-state index contributed by atoms with van der Waals surface area (Å²) < 4.78 is 26.0. The first kappa shape index (κ1) is 17.4. The maximum absolute atomic E-state index is 14.5. The number of H-pyrrole nitrogens is 1. The molecule has 0 bridgehead atoms. The van der Waals surface area contributed by atoms with E-state index in [-0.39, 0.29) is 5.52 Å². The number of fused-ring (bicyclic) bond motifs is 3. The van der Waals surface area contributed by atoms with Crippen molar-refractivity contribution in [3.05, 3.63) is 34.3 Å². The van der Waals surface area contributed by atoms with E-state index in [1.807, 2.05) is 6.92 Å². The number of halogens is 1. The fraction of sp³-hybridized carbons (Fsp3) is 0.474. The number of nitrogens with zero attached hydrogens (tertiary/aromatic N) is 1. The molecule has 2 aromatic rings. The maximum Gasteiger partial charge on any atom is 0.305 e. The number of ether oxygens (including phenoxy) is 2. The van der Waals surface area contributed by atoms with Crippen molar-refractivity contribution in [2.75, 3.05) is 6.61 Å². The minimum absolute atomic E-state index is 0.269. The fourth-order valence-electron chi connectivity index (χ4n) is 3.61. The average Bonchev–Trinajstić information content (AvgIpc) is 2.95. The largest absolute Gasteiger partial charge is 0.427 e. The molecular weight excluding hydrogens is 323 g/mol. The third-order valence-electron chi connectivity index (χ3n) is 4.68. The van der Waals surface area contributed by atoms with E-state index in [0.29, 0.717) is 41.7 Å². The summed E-state index contributed by atoms with van der Waals surface area (Å²) >= 11 is 0.